The second kappa shape index (κ2) is 10.6. The van der Waals surface area contributed by atoms with Crippen LogP contribution in [0.15, 0.2) is 71.6 Å². The summed E-state index contributed by atoms with van der Waals surface area (Å²) in [5, 5.41) is 0.637. The minimum absolute atomic E-state index is 0.0311. The van der Waals surface area contributed by atoms with Gasteiger partial charge in [0, 0.05) is 27.7 Å². The molecule has 0 saturated carbocycles. The van der Waals surface area contributed by atoms with Crippen molar-refractivity contribution in [2.24, 2.45) is 5.73 Å². The highest BCUT2D eigenvalue weighted by atomic mass is 35.5. The fourth-order valence-corrected chi connectivity index (χ4v) is 5.08. The maximum Gasteiger partial charge on any atom is 0.245 e. The van der Waals surface area contributed by atoms with Gasteiger partial charge in [0.25, 0.3) is 0 Å². The van der Waals surface area contributed by atoms with Gasteiger partial charge in [0.2, 0.25) is 5.91 Å². The number of hydrogen-bond acceptors (Lipinski definition) is 5. The maximum atomic E-state index is 13.2. The van der Waals surface area contributed by atoms with E-state index in [1.54, 1.807) is 35.9 Å². The van der Waals surface area contributed by atoms with Gasteiger partial charge < -0.3 is 15.4 Å². The average Bonchev–Trinajstić information content (AvgIpc) is 2.97. The number of nitrogens with zero attached hydrogens (tertiary/aromatic N) is 1. The Morgan fingerprint density at radius 1 is 1.15 bits per heavy atom. The molecule has 2 N–H and O–H groups in total. The largest absolute Gasteiger partial charge is 0.497 e. The first-order valence-corrected chi connectivity index (χ1v) is 12.5. The molecule has 1 aliphatic rings. The topological polar surface area (TPSA) is 72.6 Å². The third-order valence-corrected chi connectivity index (χ3v) is 7.44. The summed E-state index contributed by atoms with van der Waals surface area (Å²) in [5.41, 5.74) is 9.49. The number of thioether (sulfide) groups is 1. The van der Waals surface area contributed by atoms with E-state index in [-0.39, 0.29) is 17.6 Å². The number of anilines is 1. The fourth-order valence-electron chi connectivity index (χ4n) is 3.98. The summed E-state index contributed by atoms with van der Waals surface area (Å²) in [7, 11) is 1.63. The minimum Gasteiger partial charge on any atom is -0.497 e. The standard InChI is InChI=1S/C27H27ClN2O3S/c1-17(19-5-10-22(33-2)11-6-19)13-25(31)20-7-12-26-24(14-20)30(27(32)23(29)16-34-26)15-18-3-8-21(28)9-4-18/h3-12,14,17,23H,13,15-16,29H2,1-2H3/t17-,23-/m0/s1. The summed E-state index contributed by atoms with van der Waals surface area (Å²) in [4.78, 5) is 29.0. The number of carbonyl (C=O) groups excluding carboxylic acids is 2. The van der Waals surface area contributed by atoms with Crippen LogP contribution in [0.1, 0.15) is 40.7 Å². The van der Waals surface area contributed by atoms with Crippen LogP contribution < -0.4 is 15.4 Å². The van der Waals surface area contributed by atoms with E-state index in [4.69, 9.17) is 22.1 Å². The first-order chi connectivity index (χ1) is 16.4. The molecular formula is C27H27ClN2O3S. The molecule has 5 nitrogen and oxygen atoms in total. The molecule has 0 aromatic heterocycles. The smallest absolute Gasteiger partial charge is 0.245 e. The van der Waals surface area contributed by atoms with Gasteiger partial charge in [-0.05, 0) is 53.4 Å². The number of hydrogen-bond donors (Lipinski definition) is 1. The van der Waals surface area contributed by atoms with Gasteiger partial charge in [0.15, 0.2) is 5.78 Å². The highest BCUT2D eigenvalue weighted by molar-refractivity contribution is 7.99. The number of carbonyl (C=O) groups is 2. The Balaban J connectivity index is 1.59. The van der Waals surface area contributed by atoms with Crippen LogP contribution in [0.5, 0.6) is 5.75 Å². The van der Waals surface area contributed by atoms with E-state index in [0.29, 0.717) is 29.3 Å². The molecule has 0 fully saturated rings. The van der Waals surface area contributed by atoms with Crippen LogP contribution in [0.4, 0.5) is 5.69 Å². The molecule has 0 spiro atoms. The normalized spacial score (nSPS) is 16.5. The number of methoxy groups -OCH3 is 1. The number of Topliss-reactive ketones (excluding diaryl/α,β-unsaturated/α-hetero) is 1. The summed E-state index contributed by atoms with van der Waals surface area (Å²) < 4.78 is 5.22. The molecule has 1 heterocycles. The van der Waals surface area contributed by atoms with Crippen molar-refractivity contribution in [1.29, 1.82) is 0 Å². The number of ketones is 1. The Hall–Kier alpha value is -2.80. The lowest BCUT2D eigenvalue weighted by Gasteiger charge is -2.25. The van der Waals surface area contributed by atoms with E-state index >= 15 is 0 Å². The van der Waals surface area contributed by atoms with Crippen LogP contribution in [-0.2, 0) is 11.3 Å². The van der Waals surface area contributed by atoms with E-state index < -0.39 is 6.04 Å². The van der Waals surface area contributed by atoms with Crippen LogP contribution in [0.2, 0.25) is 5.02 Å². The molecule has 0 unspecified atom stereocenters. The van der Waals surface area contributed by atoms with Gasteiger partial charge in [0.05, 0.1) is 25.4 Å². The zero-order valence-corrected chi connectivity index (χ0v) is 20.7. The van der Waals surface area contributed by atoms with Gasteiger partial charge in [-0.15, -0.1) is 11.8 Å². The highest BCUT2D eigenvalue weighted by Crippen LogP contribution is 2.36. The van der Waals surface area contributed by atoms with Gasteiger partial charge >= 0.3 is 0 Å². The molecule has 34 heavy (non-hydrogen) atoms. The molecule has 2 atom stereocenters. The molecule has 176 valence electrons. The number of benzene rings is 3. The number of rotatable bonds is 7. The molecule has 1 aliphatic heterocycles. The van der Waals surface area contributed by atoms with Crippen molar-refractivity contribution in [2.75, 3.05) is 17.8 Å². The van der Waals surface area contributed by atoms with Crippen molar-refractivity contribution >= 4 is 40.7 Å². The zero-order valence-electron chi connectivity index (χ0n) is 19.2. The molecule has 0 radical (unpaired) electrons. The van der Waals surface area contributed by atoms with E-state index in [1.165, 1.54) is 0 Å². The minimum atomic E-state index is -0.612. The second-order valence-corrected chi connectivity index (χ2v) is 9.95. The monoisotopic (exact) mass is 494 g/mol. The summed E-state index contributed by atoms with van der Waals surface area (Å²) in [6.07, 6.45) is 0.364. The molecule has 3 aromatic carbocycles. The predicted octanol–water partition coefficient (Wildman–Crippen LogP) is 5.69. The summed E-state index contributed by atoms with van der Waals surface area (Å²) in [5.74, 6) is 1.20. The van der Waals surface area contributed by atoms with Gasteiger partial charge in [-0.2, -0.15) is 0 Å². The molecule has 4 rings (SSSR count). The summed E-state index contributed by atoms with van der Waals surface area (Å²) >= 11 is 7.56. The van der Waals surface area contributed by atoms with Gasteiger partial charge in [0.1, 0.15) is 5.75 Å². The van der Waals surface area contributed by atoms with Gasteiger partial charge in [-0.3, -0.25) is 9.59 Å². The Morgan fingerprint density at radius 3 is 2.53 bits per heavy atom. The third-order valence-electron chi connectivity index (χ3n) is 6.00. The molecular weight excluding hydrogens is 468 g/mol. The van der Waals surface area contributed by atoms with E-state index in [1.807, 2.05) is 61.5 Å². The zero-order chi connectivity index (χ0) is 24.2. The van der Waals surface area contributed by atoms with E-state index in [2.05, 4.69) is 0 Å². The Morgan fingerprint density at radius 2 is 1.85 bits per heavy atom. The average molecular weight is 495 g/mol. The van der Waals surface area contributed by atoms with Crippen LogP contribution >= 0.6 is 23.4 Å². The third kappa shape index (κ3) is 5.46. The van der Waals surface area contributed by atoms with Crippen LogP contribution in [0.3, 0.4) is 0 Å². The highest BCUT2D eigenvalue weighted by Gasteiger charge is 2.29. The second-order valence-electron chi connectivity index (χ2n) is 8.45. The van der Waals surface area contributed by atoms with Crippen molar-refractivity contribution in [3.8, 4) is 5.75 Å². The quantitative estimate of drug-likeness (QED) is 0.427. The number of ether oxygens (including phenoxy) is 1. The Bertz CT molecular complexity index is 1180. The predicted molar refractivity (Wildman–Crippen MR) is 138 cm³/mol. The first kappa shape index (κ1) is 24.3. The van der Waals surface area contributed by atoms with Crippen molar-refractivity contribution in [3.05, 3.63) is 88.4 Å². The Kier molecular flexibility index (Phi) is 7.61. The molecule has 7 heteroatoms. The molecule has 0 bridgehead atoms. The van der Waals surface area contributed by atoms with Gasteiger partial charge in [-0.25, -0.2) is 0 Å². The number of fused-ring (bicyclic) bond motifs is 1. The molecule has 1 amide bonds. The van der Waals surface area contributed by atoms with Crippen LogP contribution in [0, 0.1) is 0 Å². The maximum absolute atomic E-state index is 13.2. The summed E-state index contributed by atoms with van der Waals surface area (Å²) in [6, 6.07) is 20.1. The van der Waals surface area contributed by atoms with Gasteiger partial charge in [-0.1, -0.05) is 48.9 Å². The Labute approximate surface area is 209 Å². The van der Waals surface area contributed by atoms with Crippen LogP contribution in [-0.4, -0.2) is 30.6 Å². The fraction of sp³-hybridized carbons (Fsp3) is 0.259. The number of amides is 1. The van der Waals surface area contributed by atoms with Crippen molar-refractivity contribution in [2.45, 2.75) is 36.7 Å². The lowest BCUT2D eigenvalue weighted by molar-refractivity contribution is -0.119. The molecule has 0 saturated heterocycles. The van der Waals surface area contributed by atoms with E-state index in [9.17, 15) is 9.59 Å². The number of halogens is 1. The first-order valence-electron chi connectivity index (χ1n) is 11.1. The number of nitrogens with two attached hydrogens (primary N) is 1. The molecule has 0 aliphatic carbocycles. The lowest BCUT2D eigenvalue weighted by Crippen LogP contribution is -2.44. The van der Waals surface area contributed by atoms with Crippen molar-refractivity contribution in [3.63, 3.8) is 0 Å². The van der Waals surface area contributed by atoms with Crippen molar-refractivity contribution in [1.82, 2.24) is 0 Å². The summed E-state index contributed by atoms with van der Waals surface area (Å²) in [6.45, 7) is 2.39. The SMILES string of the molecule is COc1ccc([C@@H](C)CC(=O)c2ccc3c(c2)N(Cc2ccc(Cl)cc2)C(=O)[C@@H](N)CS3)cc1. The van der Waals surface area contributed by atoms with Crippen LogP contribution in [0.25, 0.3) is 0 Å². The lowest BCUT2D eigenvalue weighted by atomic mass is 9.93. The van der Waals surface area contributed by atoms with E-state index in [0.717, 1.165) is 27.5 Å². The molecule has 3 aromatic rings. The van der Waals surface area contributed by atoms with Crippen molar-refractivity contribution < 1.29 is 14.3 Å².